The fourth-order valence-corrected chi connectivity index (χ4v) is 1.93. The van der Waals surface area contributed by atoms with Gasteiger partial charge in [0, 0.05) is 15.3 Å². The predicted molar refractivity (Wildman–Crippen MR) is 81.5 cm³/mol. The first-order valence-corrected chi connectivity index (χ1v) is 7.00. The number of aliphatic hydroxyl groups is 1. The van der Waals surface area contributed by atoms with Crippen molar-refractivity contribution in [3.8, 4) is 0 Å². The summed E-state index contributed by atoms with van der Waals surface area (Å²) in [6.07, 6.45) is 1.40. The number of nitrogens with one attached hydrogen (secondary N) is 1. The summed E-state index contributed by atoms with van der Waals surface area (Å²) >= 11 is 1.82. The number of ketones is 1. The molecule has 1 aromatic rings. The predicted octanol–water partition coefficient (Wildman–Crippen LogP) is 3.02. The number of rotatable bonds is 5. The Morgan fingerprint density at radius 2 is 2.05 bits per heavy atom. The zero-order valence-corrected chi connectivity index (χ0v) is 13.6. The number of benzene rings is 1. The number of Topliss-reactive ketones (excluding diaryl/α,β-unsaturated/α-hetero) is 1. The molecule has 1 aromatic carbocycles. The monoisotopic (exact) mass is 395 g/mol. The maximum atomic E-state index is 13.6. The Morgan fingerprint density at radius 1 is 1.45 bits per heavy atom. The Balaban J connectivity index is 3.04. The average Bonchev–Trinajstić information content (AvgIpc) is 2.39. The van der Waals surface area contributed by atoms with Crippen molar-refractivity contribution >= 4 is 28.4 Å². The summed E-state index contributed by atoms with van der Waals surface area (Å²) in [6.45, 7) is 4.86. The van der Waals surface area contributed by atoms with E-state index in [1.54, 1.807) is 13.8 Å². The number of carbonyl (C=O) groups excluding carboxylic acids is 1. The van der Waals surface area contributed by atoms with Gasteiger partial charge in [0.1, 0.15) is 0 Å². The summed E-state index contributed by atoms with van der Waals surface area (Å²) in [7, 11) is 0. The lowest BCUT2D eigenvalue weighted by atomic mass is 10.0. The molecular weight excluding hydrogens is 379 g/mol. The zero-order valence-electron chi connectivity index (χ0n) is 11.4. The van der Waals surface area contributed by atoms with Crippen molar-refractivity contribution in [3.05, 3.63) is 44.7 Å². The molecule has 0 bridgehead atoms. The third kappa shape index (κ3) is 4.24. The Kier molecular flexibility index (Phi) is 5.64. The largest absolute Gasteiger partial charge is 0.394 e. The summed E-state index contributed by atoms with van der Waals surface area (Å²) < 4.78 is 27.4. The lowest BCUT2D eigenvalue weighted by molar-refractivity contribution is 0.102. The van der Waals surface area contributed by atoms with Crippen LogP contribution in [0.4, 0.5) is 8.78 Å². The molecule has 0 aliphatic carbocycles. The lowest BCUT2D eigenvalue weighted by Gasteiger charge is -2.22. The number of aliphatic hydroxyl groups excluding tert-OH is 1. The van der Waals surface area contributed by atoms with Gasteiger partial charge >= 0.3 is 0 Å². The summed E-state index contributed by atoms with van der Waals surface area (Å²) in [6, 6.07) is 2.33. The molecule has 110 valence electrons. The van der Waals surface area contributed by atoms with Crippen molar-refractivity contribution in [1.82, 2.24) is 5.32 Å². The van der Waals surface area contributed by atoms with Gasteiger partial charge in [-0.05, 0) is 55.5 Å². The van der Waals surface area contributed by atoms with E-state index in [-0.39, 0.29) is 17.7 Å². The van der Waals surface area contributed by atoms with Gasteiger partial charge in [0.15, 0.2) is 17.4 Å². The normalized spacial score (nSPS) is 12.4. The van der Waals surface area contributed by atoms with Gasteiger partial charge in [0.2, 0.25) is 0 Å². The van der Waals surface area contributed by atoms with Crippen molar-refractivity contribution in [2.24, 2.45) is 0 Å². The minimum atomic E-state index is -1.15. The average molecular weight is 395 g/mol. The molecule has 0 aromatic heterocycles. The number of allylic oxidation sites excluding steroid dienone is 1. The molecule has 1 rings (SSSR count). The van der Waals surface area contributed by atoms with E-state index in [9.17, 15) is 13.6 Å². The molecule has 0 unspecified atom stereocenters. The highest BCUT2D eigenvalue weighted by Crippen LogP contribution is 2.19. The van der Waals surface area contributed by atoms with Crippen LogP contribution in [-0.4, -0.2) is 23.0 Å². The molecule has 0 saturated carbocycles. The van der Waals surface area contributed by atoms with E-state index < -0.39 is 23.0 Å². The van der Waals surface area contributed by atoms with E-state index >= 15 is 0 Å². The summed E-state index contributed by atoms with van der Waals surface area (Å²) in [5.41, 5.74) is -0.672. The van der Waals surface area contributed by atoms with Crippen molar-refractivity contribution in [2.45, 2.75) is 26.3 Å². The second-order valence-corrected chi connectivity index (χ2v) is 6.34. The van der Waals surface area contributed by atoms with Crippen LogP contribution in [0.5, 0.6) is 0 Å². The lowest BCUT2D eigenvalue weighted by Crippen LogP contribution is -2.39. The number of hydrogen-bond donors (Lipinski definition) is 2. The molecule has 20 heavy (non-hydrogen) atoms. The summed E-state index contributed by atoms with van der Waals surface area (Å²) in [5.74, 6) is -2.79. The molecule has 0 amide bonds. The van der Waals surface area contributed by atoms with Crippen molar-refractivity contribution in [1.29, 1.82) is 0 Å². The van der Waals surface area contributed by atoms with Gasteiger partial charge in [-0.2, -0.15) is 0 Å². The third-order valence-corrected chi connectivity index (χ3v) is 3.29. The summed E-state index contributed by atoms with van der Waals surface area (Å²) in [4.78, 5) is 12.1. The van der Waals surface area contributed by atoms with Crippen LogP contribution in [-0.2, 0) is 0 Å². The fraction of sp³-hybridized carbons (Fsp3) is 0.357. The van der Waals surface area contributed by atoms with Gasteiger partial charge < -0.3 is 10.4 Å². The van der Waals surface area contributed by atoms with E-state index in [2.05, 4.69) is 5.32 Å². The van der Waals surface area contributed by atoms with Gasteiger partial charge in [-0.3, -0.25) is 4.79 Å². The molecular formula is C14H16F2INO2. The fourth-order valence-electron chi connectivity index (χ4n) is 1.35. The van der Waals surface area contributed by atoms with E-state index in [4.69, 9.17) is 5.11 Å². The highest BCUT2D eigenvalue weighted by atomic mass is 127. The van der Waals surface area contributed by atoms with Crippen LogP contribution in [0.25, 0.3) is 0 Å². The number of halogens is 3. The highest BCUT2D eigenvalue weighted by Gasteiger charge is 2.19. The first kappa shape index (κ1) is 17.0. The Labute approximate surface area is 130 Å². The molecule has 0 radical (unpaired) electrons. The van der Waals surface area contributed by atoms with Crippen LogP contribution in [0.1, 0.15) is 31.1 Å². The molecule has 0 heterocycles. The minimum absolute atomic E-state index is 0.128. The van der Waals surface area contributed by atoms with Gasteiger partial charge in [-0.1, -0.05) is 0 Å². The first-order valence-electron chi connectivity index (χ1n) is 5.92. The molecule has 0 aliphatic heterocycles. The Hall–Kier alpha value is -1.02. The first-order chi connectivity index (χ1) is 9.18. The van der Waals surface area contributed by atoms with Crippen LogP contribution in [0.2, 0.25) is 0 Å². The molecule has 0 atom stereocenters. The molecule has 0 saturated heterocycles. The van der Waals surface area contributed by atoms with Gasteiger partial charge in [-0.15, -0.1) is 0 Å². The van der Waals surface area contributed by atoms with E-state index in [1.807, 2.05) is 22.6 Å². The minimum Gasteiger partial charge on any atom is -0.394 e. The topological polar surface area (TPSA) is 49.3 Å². The number of carbonyl (C=O) groups is 1. The van der Waals surface area contributed by atoms with E-state index in [0.29, 0.717) is 3.57 Å². The Bertz CT molecular complexity index is 556. The van der Waals surface area contributed by atoms with Gasteiger partial charge in [0.25, 0.3) is 0 Å². The van der Waals surface area contributed by atoms with E-state index in [1.165, 1.54) is 19.2 Å². The standard InChI is InChI=1S/C14H16F2INO2/c1-8(6-18-14(2,3)7-19)13(20)10-4-9(17)5-11(15)12(10)16/h4-6,18-19H,7H2,1-3H3. The molecule has 6 heteroatoms. The second kappa shape index (κ2) is 6.62. The maximum Gasteiger partial charge on any atom is 0.193 e. The molecule has 0 spiro atoms. The zero-order chi connectivity index (χ0) is 15.5. The van der Waals surface area contributed by atoms with Crippen LogP contribution in [0.15, 0.2) is 23.9 Å². The smallest absolute Gasteiger partial charge is 0.193 e. The van der Waals surface area contributed by atoms with Gasteiger partial charge in [0.05, 0.1) is 17.7 Å². The molecule has 0 aliphatic rings. The molecule has 2 N–H and O–H groups in total. The van der Waals surface area contributed by atoms with E-state index in [0.717, 1.165) is 6.07 Å². The van der Waals surface area contributed by atoms with Crippen LogP contribution in [0.3, 0.4) is 0 Å². The van der Waals surface area contributed by atoms with Crippen LogP contribution >= 0.6 is 22.6 Å². The molecule has 3 nitrogen and oxygen atoms in total. The second-order valence-electron chi connectivity index (χ2n) is 5.09. The molecule has 0 fully saturated rings. The van der Waals surface area contributed by atoms with Crippen molar-refractivity contribution in [2.75, 3.05) is 6.61 Å². The van der Waals surface area contributed by atoms with Crippen LogP contribution in [0, 0.1) is 15.2 Å². The maximum absolute atomic E-state index is 13.6. The number of hydrogen-bond acceptors (Lipinski definition) is 3. The summed E-state index contributed by atoms with van der Waals surface area (Å²) in [5, 5.41) is 11.9. The highest BCUT2D eigenvalue weighted by molar-refractivity contribution is 14.1. The van der Waals surface area contributed by atoms with Crippen molar-refractivity contribution in [3.63, 3.8) is 0 Å². The van der Waals surface area contributed by atoms with Crippen molar-refractivity contribution < 1.29 is 18.7 Å². The quantitative estimate of drug-likeness (QED) is 0.349. The van der Waals surface area contributed by atoms with Crippen LogP contribution < -0.4 is 5.32 Å². The SMILES string of the molecule is CC(=CNC(C)(C)CO)C(=O)c1cc(I)cc(F)c1F. The van der Waals surface area contributed by atoms with Gasteiger partial charge in [-0.25, -0.2) is 8.78 Å². The Morgan fingerprint density at radius 3 is 2.60 bits per heavy atom. The third-order valence-electron chi connectivity index (χ3n) is 2.67.